The first-order chi connectivity index (χ1) is 16.7. The summed E-state index contributed by atoms with van der Waals surface area (Å²) in [6, 6.07) is 19.1. The van der Waals surface area contributed by atoms with Gasteiger partial charge in [-0.1, -0.05) is 60.7 Å². The number of halogens is 3. The lowest BCUT2D eigenvalue weighted by atomic mass is 9.98. The van der Waals surface area contributed by atoms with Crippen molar-refractivity contribution in [3.63, 3.8) is 0 Å². The monoisotopic (exact) mass is 483 g/mol. The first-order valence-corrected chi connectivity index (χ1v) is 11.1. The topological polar surface area (TPSA) is 66.8 Å². The van der Waals surface area contributed by atoms with Gasteiger partial charge in [0.1, 0.15) is 12.6 Å². The molecule has 1 N–H and O–H groups in total. The van der Waals surface area contributed by atoms with E-state index in [1.807, 2.05) is 48.5 Å². The Bertz CT molecular complexity index is 1180. The summed E-state index contributed by atoms with van der Waals surface area (Å²) in [6.45, 7) is 0.0580. The van der Waals surface area contributed by atoms with Gasteiger partial charge in [-0.3, -0.25) is 4.90 Å². The molecule has 1 atom stereocenters. The summed E-state index contributed by atoms with van der Waals surface area (Å²) in [7, 11) is 1.35. The van der Waals surface area contributed by atoms with Crippen LogP contribution in [0.1, 0.15) is 34.6 Å². The number of nitrogens with zero attached hydrogens (tertiary/aromatic N) is 1. The number of hydrogen-bond donors (Lipinski definition) is 1. The van der Waals surface area contributed by atoms with Crippen LogP contribution >= 0.6 is 0 Å². The Morgan fingerprint density at radius 3 is 2.00 bits per heavy atom. The zero-order valence-corrected chi connectivity index (χ0v) is 19.0. The summed E-state index contributed by atoms with van der Waals surface area (Å²) in [6.07, 6.45) is -4.99. The molecule has 182 valence electrons. The molecule has 0 fully saturated rings. The van der Waals surface area contributed by atoms with Gasteiger partial charge in [0, 0.05) is 13.0 Å². The Hall–Kier alpha value is -3.81. The summed E-state index contributed by atoms with van der Waals surface area (Å²) < 4.78 is 43.8. The molecule has 0 aliphatic heterocycles. The van der Waals surface area contributed by atoms with Crippen molar-refractivity contribution < 1.29 is 32.6 Å². The van der Waals surface area contributed by atoms with Crippen LogP contribution in [0.25, 0.3) is 11.1 Å². The van der Waals surface area contributed by atoms with Gasteiger partial charge in [0.25, 0.3) is 0 Å². The lowest BCUT2D eigenvalue weighted by Crippen LogP contribution is -2.43. The lowest BCUT2D eigenvalue weighted by molar-refractivity contribution is -0.142. The fourth-order valence-electron chi connectivity index (χ4n) is 4.47. The van der Waals surface area contributed by atoms with Gasteiger partial charge in [0.05, 0.1) is 5.56 Å². The molecule has 0 spiro atoms. The van der Waals surface area contributed by atoms with Crippen molar-refractivity contribution in [1.82, 2.24) is 4.90 Å². The van der Waals surface area contributed by atoms with E-state index in [1.54, 1.807) is 0 Å². The molecule has 0 radical (unpaired) electrons. The van der Waals surface area contributed by atoms with Crippen LogP contribution in [0.2, 0.25) is 0 Å². The Labute approximate surface area is 200 Å². The van der Waals surface area contributed by atoms with Crippen molar-refractivity contribution >= 4 is 12.1 Å². The van der Waals surface area contributed by atoms with Gasteiger partial charge in [0.2, 0.25) is 0 Å². The molecular weight excluding hydrogens is 459 g/mol. The third kappa shape index (κ3) is 5.16. The number of amides is 1. The molecule has 1 aliphatic rings. The maximum Gasteiger partial charge on any atom is 0.416 e. The minimum absolute atomic E-state index is 0.0292. The molecule has 0 saturated carbocycles. The van der Waals surface area contributed by atoms with Crippen LogP contribution in [0.4, 0.5) is 18.0 Å². The molecule has 3 aromatic rings. The van der Waals surface area contributed by atoms with Gasteiger partial charge in [-0.05, 0) is 52.8 Å². The van der Waals surface area contributed by atoms with E-state index < -0.39 is 29.8 Å². The van der Waals surface area contributed by atoms with Crippen LogP contribution in [0.3, 0.4) is 0 Å². The zero-order valence-electron chi connectivity index (χ0n) is 19.0. The van der Waals surface area contributed by atoms with Gasteiger partial charge < -0.3 is 9.84 Å². The zero-order chi connectivity index (χ0) is 25.2. The number of rotatable bonds is 7. The van der Waals surface area contributed by atoms with Crippen LogP contribution in [0, 0.1) is 0 Å². The first kappa shape index (κ1) is 24.3. The number of hydrogen-bond acceptors (Lipinski definition) is 3. The number of aryl methyl sites for hydroxylation is 1. The smallest absolute Gasteiger partial charge is 0.416 e. The Morgan fingerprint density at radius 2 is 1.49 bits per heavy atom. The number of alkyl halides is 3. The lowest BCUT2D eigenvalue weighted by Gasteiger charge is -2.25. The van der Waals surface area contributed by atoms with Crippen molar-refractivity contribution in [3.05, 3.63) is 95.1 Å². The second-order valence-corrected chi connectivity index (χ2v) is 8.50. The third-order valence-corrected chi connectivity index (χ3v) is 6.36. The van der Waals surface area contributed by atoms with E-state index in [2.05, 4.69) is 0 Å². The number of carbonyl (C=O) groups is 2. The fourth-order valence-corrected chi connectivity index (χ4v) is 4.47. The van der Waals surface area contributed by atoms with Gasteiger partial charge in [-0.2, -0.15) is 13.2 Å². The summed E-state index contributed by atoms with van der Waals surface area (Å²) in [5, 5.41) is 9.66. The number of fused-ring (bicyclic) bond motifs is 3. The first-order valence-electron chi connectivity index (χ1n) is 11.1. The molecule has 5 nitrogen and oxygen atoms in total. The Balaban J connectivity index is 1.40. The van der Waals surface area contributed by atoms with Gasteiger partial charge in [0.15, 0.2) is 0 Å². The van der Waals surface area contributed by atoms with Gasteiger partial charge in [-0.25, -0.2) is 9.59 Å². The predicted octanol–water partition coefficient (Wildman–Crippen LogP) is 5.97. The van der Waals surface area contributed by atoms with Crippen molar-refractivity contribution in [2.75, 3.05) is 13.7 Å². The maximum atomic E-state index is 12.8. The molecule has 1 aliphatic carbocycles. The molecule has 0 saturated heterocycles. The SMILES string of the molecule is CN(C(=O)OCC1c2ccccc2-c2ccccc21)C(CCc1ccc(C(F)(F)F)cc1)C(=O)O. The molecular formula is C27H24F3NO4. The van der Waals surface area contributed by atoms with E-state index in [9.17, 15) is 27.9 Å². The van der Waals surface area contributed by atoms with Crippen molar-refractivity contribution in [2.45, 2.75) is 31.0 Å². The Kier molecular flexibility index (Phi) is 6.82. The molecule has 0 aromatic heterocycles. The molecule has 4 rings (SSSR count). The third-order valence-electron chi connectivity index (χ3n) is 6.36. The van der Waals surface area contributed by atoms with E-state index in [4.69, 9.17) is 4.74 Å². The van der Waals surface area contributed by atoms with Gasteiger partial charge >= 0.3 is 18.2 Å². The minimum atomic E-state index is -4.44. The number of likely N-dealkylation sites (N-methyl/N-ethyl adjacent to an activating group) is 1. The normalized spacial score (nSPS) is 13.6. The number of carboxylic acid groups (broad SMARTS) is 1. The van der Waals surface area contributed by atoms with E-state index in [0.717, 1.165) is 39.3 Å². The van der Waals surface area contributed by atoms with Crippen LogP contribution in [0.15, 0.2) is 72.8 Å². The quantitative estimate of drug-likeness (QED) is 0.450. The Morgan fingerprint density at radius 1 is 0.943 bits per heavy atom. The standard InChI is InChI=1S/C27H24F3NO4/c1-31(24(25(32)33)15-12-17-10-13-18(14-11-17)27(28,29)30)26(34)35-16-23-21-8-4-2-6-19(21)20-7-3-5-9-22(20)23/h2-11,13-14,23-24H,12,15-16H2,1H3,(H,32,33). The average molecular weight is 483 g/mol. The maximum absolute atomic E-state index is 12.8. The van der Waals surface area contributed by atoms with E-state index in [-0.39, 0.29) is 25.4 Å². The van der Waals surface area contributed by atoms with Gasteiger partial charge in [-0.15, -0.1) is 0 Å². The van der Waals surface area contributed by atoms with Crippen LogP contribution < -0.4 is 0 Å². The predicted molar refractivity (Wildman–Crippen MR) is 124 cm³/mol. The second-order valence-electron chi connectivity index (χ2n) is 8.50. The number of carboxylic acids is 1. The second kappa shape index (κ2) is 9.82. The van der Waals surface area contributed by atoms with Crippen molar-refractivity contribution in [3.8, 4) is 11.1 Å². The molecule has 8 heteroatoms. The highest BCUT2D eigenvalue weighted by Crippen LogP contribution is 2.44. The van der Waals surface area contributed by atoms with Crippen LogP contribution in [0.5, 0.6) is 0 Å². The van der Waals surface area contributed by atoms with E-state index in [0.29, 0.717) is 5.56 Å². The number of ether oxygens (including phenoxy) is 1. The van der Waals surface area contributed by atoms with Crippen molar-refractivity contribution in [2.24, 2.45) is 0 Å². The van der Waals surface area contributed by atoms with E-state index in [1.165, 1.54) is 19.2 Å². The number of aliphatic carboxylic acids is 1. The minimum Gasteiger partial charge on any atom is -0.480 e. The highest BCUT2D eigenvalue weighted by molar-refractivity contribution is 5.81. The highest BCUT2D eigenvalue weighted by Gasteiger charge is 2.32. The van der Waals surface area contributed by atoms with Crippen molar-refractivity contribution in [1.29, 1.82) is 0 Å². The highest BCUT2D eigenvalue weighted by atomic mass is 19.4. The fraction of sp³-hybridized carbons (Fsp3) is 0.259. The number of benzene rings is 3. The summed E-state index contributed by atoms with van der Waals surface area (Å²) in [5.41, 5.74) is 4.02. The van der Waals surface area contributed by atoms with Crippen LogP contribution in [-0.2, 0) is 22.1 Å². The molecule has 1 unspecified atom stereocenters. The average Bonchev–Trinajstić information content (AvgIpc) is 3.16. The molecule has 0 heterocycles. The van der Waals surface area contributed by atoms with E-state index >= 15 is 0 Å². The van der Waals surface area contributed by atoms with Crippen LogP contribution in [-0.4, -0.2) is 41.8 Å². The molecule has 1 amide bonds. The summed E-state index contributed by atoms with van der Waals surface area (Å²) in [4.78, 5) is 25.6. The molecule has 0 bridgehead atoms. The largest absolute Gasteiger partial charge is 0.480 e. The number of carbonyl (C=O) groups excluding carboxylic acids is 1. The summed E-state index contributed by atoms with van der Waals surface area (Å²) in [5.74, 6) is -1.37. The molecule has 35 heavy (non-hydrogen) atoms. The molecule has 3 aromatic carbocycles. The summed E-state index contributed by atoms with van der Waals surface area (Å²) >= 11 is 0.